The van der Waals surface area contributed by atoms with E-state index < -0.39 is 35.9 Å². The predicted molar refractivity (Wildman–Crippen MR) is 121 cm³/mol. The van der Waals surface area contributed by atoms with Gasteiger partial charge in [0, 0.05) is 35.9 Å². The maximum Gasteiger partial charge on any atom is 0.419 e. The number of rotatable bonds is 6. The second kappa shape index (κ2) is 10.1. The van der Waals surface area contributed by atoms with Crippen LogP contribution < -0.4 is 15.4 Å². The summed E-state index contributed by atoms with van der Waals surface area (Å²) in [6, 6.07) is 2.53. The Morgan fingerprint density at radius 1 is 1.31 bits per heavy atom. The largest absolute Gasteiger partial charge is 0.453 e. The van der Waals surface area contributed by atoms with Gasteiger partial charge in [-0.25, -0.2) is 14.8 Å². The van der Waals surface area contributed by atoms with Crippen LogP contribution in [-0.2, 0) is 10.9 Å². The zero-order chi connectivity index (χ0) is 26.0. The van der Waals surface area contributed by atoms with Gasteiger partial charge in [0.15, 0.2) is 5.75 Å². The molecule has 0 bridgehead atoms. The van der Waals surface area contributed by atoms with Crippen molar-refractivity contribution in [1.82, 2.24) is 19.9 Å². The molecule has 1 aliphatic rings. The molecule has 3 aromatic rings. The molecule has 0 radical (unpaired) electrons. The highest BCUT2D eigenvalue weighted by molar-refractivity contribution is 6.03. The third-order valence-electron chi connectivity index (χ3n) is 5.74. The van der Waals surface area contributed by atoms with E-state index in [1.54, 1.807) is 0 Å². The van der Waals surface area contributed by atoms with E-state index in [4.69, 9.17) is 0 Å². The molecule has 0 saturated carbocycles. The lowest BCUT2D eigenvalue weighted by molar-refractivity contribution is -0.137. The number of carbonyl (C=O) groups excluding carboxylic acids is 1. The second-order valence-electron chi connectivity index (χ2n) is 8.26. The number of carbonyl (C=O) groups is 1. The fraction of sp³-hybridized carbons (Fsp3) is 0.409. The van der Waals surface area contributed by atoms with Crippen LogP contribution in [-0.4, -0.2) is 65.8 Å². The van der Waals surface area contributed by atoms with Gasteiger partial charge >= 0.3 is 18.9 Å². The molecule has 0 spiro atoms. The average molecular weight is 514 g/mol. The minimum Gasteiger partial charge on any atom is -0.453 e. The number of ether oxygens (including phenoxy) is 2. The monoisotopic (exact) mass is 514 g/mol. The van der Waals surface area contributed by atoms with Crippen LogP contribution in [0.4, 0.5) is 38.4 Å². The molecule has 1 saturated heterocycles. The van der Waals surface area contributed by atoms with Gasteiger partial charge in [0.2, 0.25) is 5.95 Å². The first-order valence-electron chi connectivity index (χ1n) is 10.9. The zero-order valence-corrected chi connectivity index (χ0v) is 19.2. The molecule has 1 atom stereocenters. The number of likely N-dealkylation sites (tertiary alicyclic amines) is 1. The molecule has 14 heteroatoms. The van der Waals surface area contributed by atoms with Crippen LogP contribution in [0.2, 0.25) is 0 Å². The highest BCUT2D eigenvalue weighted by Gasteiger charge is 2.36. The number of nitrogens with zero attached hydrogens (tertiary/aromatic N) is 3. The molecule has 2 aromatic heterocycles. The van der Waals surface area contributed by atoms with Crippen LogP contribution in [0.3, 0.4) is 0 Å². The fourth-order valence-corrected chi connectivity index (χ4v) is 4.17. The molecule has 0 aliphatic carbocycles. The Hall–Kier alpha value is -3.68. The van der Waals surface area contributed by atoms with E-state index in [1.807, 2.05) is 7.05 Å². The van der Waals surface area contributed by atoms with Crippen LogP contribution >= 0.6 is 0 Å². The standard InChI is InChI=1S/C22H23F5N6O3/c1-33-7-3-4-11(10-33)30-20-29-9-14(22(25,26)27)16(32-20)13-8-28-17-12(13)5-6-15(31-21(34)35-2)18(17)36-19(23)24/h5-6,8-9,11,19,28H,3-4,7,10H2,1-2H3,(H,31,34)(H,29,30,32)/t11-/m0/s1. The maximum absolute atomic E-state index is 13.9. The number of hydrogen-bond donors (Lipinski definition) is 3. The summed E-state index contributed by atoms with van der Waals surface area (Å²) in [6.45, 7) is -1.67. The number of likely N-dealkylation sites (N-methyl/N-ethyl adjacent to an activating group) is 1. The molecular weight excluding hydrogens is 491 g/mol. The quantitative estimate of drug-likeness (QED) is 0.401. The summed E-state index contributed by atoms with van der Waals surface area (Å²) in [5.74, 6) is -0.453. The summed E-state index contributed by atoms with van der Waals surface area (Å²) < 4.78 is 77.0. The Balaban J connectivity index is 1.81. The van der Waals surface area contributed by atoms with Gasteiger partial charge in [0.05, 0.1) is 24.0 Å². The summed E-state index contributed by atoms with van der Waals surface area (Å²) in [5.41, 5.74) is -1.76. The lowest BCUT2D eigenvalue weighted by Crippen LogP contribution is -2.40. The van der Waals surface area contributed by atoms with Crippen molar-refractivity contribution in [2.45, 2.75) is 31.7 Å². The van der Waals surface area contributed by atoms with Crippen molar-refractivity contribution in [2.75, 3.05) is 37.9 Å². The molecule has 1 fully saturated rings. The van der Waals surface area contributed by atoms with Crippen molar-refractivity contribution in [3.05, 3.63) is 30.1 Å². The zero-order valence-electron chi connectivity index (χ0n) is 19.2. The highest BCUT2D eigenvalue weighted by atomic mass is 19.4. The normalized spacial score (nSPS) is 16.8. The summed E-state index contributed by atoms with van der Waals surface area (Å²) in [6.07, 6.45) is -2.10. The summed E-state index contributed by atoms with van der Waals surface area (Å²) in [4.78, 5) is 24.4. The van der Waals surface area contributed by atoms with Crippen molar-refractivity contribution in [3.63, 3.8) is 0 Å². The van der Waals surface area contributed by atoms with Crippen molar-refractivity contribution in [3.8, 4) is 17.0 Å². The van der Waals surface area contributed by atoms with Gasteiger partial charge in [-0.05, 0) is 38.6 Å². The third-order valence-corrected chi connectivity index (χ3v) is 5.74. The Labute approximate surface area is 202 Å². The Bertz CT molecular complexity index is 1250. The van der Waals surface area contributed by atoms with Crippen LogP contribution in [0.1, 0.15) is 18.4 Å². The van der Waals surface area contributed by atoms with Crippen LogP contribution in [0.25, 0.3) is 22.2 Å². The van der Waals surface area contributed by atoms with Crippen molar-refractivity contribution < 1.29 is 36.2 Å². The number of alkyl halides is 5. The first-order valence-corrected chi connectivity index (χ1v) is 10.9. The number of piperidine rings is 1. The number of amides is 1. The molecule has 4 rings (SSSR count). The number of hydrogen-bond acceptors (Lipinski definition) is 7. The molecule has 9 nitrogen and oxygen atoms in total. The van der Waals surface area contributed by atoms with Crippen LogP contribution in [0.15, 0.2) is 24.5 Å². The van der Waals surface area contributed by atoms with E-state index in [-0.39, 0.29) is 34.1 Å². The molecule has 1 aliphatic heterocycles. The first-order chi connectivity index (χ1) is 17.1. The van der Waals surface area contributed by atoms with E-state index in [2.05, 4.69) is 40.0 Å². The maximum atomic E-state index is 13.9. The summed E-state index contributed by atoms with van der Waals surface area (Å²) in [7, 11) is 3.03. The van der Waals surface area contributed by atoms with Gasteiger partial charge in [0.1, 0.15) is 5.56 Å². The number of methoxy groups -OCH3 is 1. The van der Waals surface area contributed by atoms with Crippen molar-refractivity contribution in [1.29, 1.82) is 0 Å². The van der Waals surface area contributed by atoms with Crippen LogP contribution in [0.5, 0.6) is 5.75 Å². The van der Waals surface area contributed by atoms with Crippen molar-refractivity contribution in [2.24, 2.45) is 0 Å². The van der Waals surface area contributed by atoms with Crippen LogP contribution in [0, 0.1) is 0 Å². The molecule has 3 heterocycles. The SMILES string of the molecule is COC(=O)Nc1ccc2c(-c3nc(N[C@H]4CCCN(C)C4)ncc3C(F)(F)F)c[nH]c2c1OC(F)F. The molecule has 1 amide bonds. The summed E-state index contributed by atoms with van der Waals surface area (Å²) in [5, 5.41) is 5.45. The van der Waals surface area contributed by atoms with E-state index >= 15 is 0 Å². The smallest absolute Gasteiger partial charge is 0.419 e. The highest BCUT2D eigenvalue weighted by Crippen LogP contribution is 2.42. The number of fused-ring (bicyclic) bond motifs is 1. The minimum absolute atomic E-state index is 0.00716. The number of halogens is 5. The third kappa shape index (κ3) is 5.42. The molecular formula is C22H23F5N6O3. The number of aromatic nitrogens is 3. The Morgan fingerprint density at radius 2 is 2.08 bits per heavy atom. The molecule has 1 aromatic carbocycles. The number of nitrogens with one attached hydrogen (secondary N) is 3. The van der Waals surface area contributed by atoms with Gasteiger partial charge < -0.3 is 24.7 Å². The van der Waals surface area contributed by atoms with Gasteiger partial charge in [0.25, 0.3) is 0 Å². The Kier molecular flexibility index (Phi) is 7.15. The molecule has 0 unspecified atom stereocenters. The van der Waals surface area contributed by atoms with E-state index in [9.17, 15) is 26.7 Å². The first kappa shape index (κ1) is 25.4. The number of anilines is 2. The average Bonchev–Trinajstić information content (AvgIpc) is 3.24. The number of benzene rings is 1. The van der Waals surface area contributed by atoms with E-state index in [1.165, 1.54) is 18.3 Å². The topological polar surface area (TPSA) is 104 Å². The fourth-order valence-electron chi connectivity index (χ4n) is 4.17. The van der Waals surface area contributed by atoms with Crippen molar-refractivity contribution >= 4 is 28.6 Å². The lowest BCUT2D eigenvalue weighted by Gasteiger charge is -2.30. The van der Waals surface area contributed by atoms with Gasteiger partial charge in [-0.15, -0.1) is 0 Å². The minimum atomic E-state index is -4.78. The molecule has 36 heavy (non-hydrogen) atoms. The lowest BCUT2D eigenvalue weighted by atomic mass is 10.0. The predicted octanol–water partition coefficient (Wildman–Crippen LogP) is 4.93. The number of aromatic amines is 1. The Morgan fingerprint density at radius 3 is 2.75 bits per heavy atom. The van der Waals surface area contributed by atoms with Gasteiger partial charge in [-0.3, -0.25) is 5.32 Å². The summed E-state index contributed by atoms with van der Waals surface area (Å²) >= 11 is 0. The van der Waals surface area contributed by atoms with Gasteiger partial charge in [-0.2, -0.15) is 22.0 Å². The van der Waals surface area contributed by atoms with E-state index in [0.29, 0.717) is 12.7 Å². The van der Waals surface area contributed by atoms with E-state index in [0.717, 1.165) is 26.5 Å². The van der Waals surface area contributed by atoms with Gasteiger partial charge in [-0.1, -0.05) is 0 Å². The number of H-pyrrole nitrogens is 1. The second-order valence-corrected chi connectivity index (χ2v) is 8.26. The molecule has 194 valence electrons. The molecule has 3 N–H and O–H groups in total.